The molecule has 3 aromatic rings. The number of hydrogen-bond donors (Lipinski definition) is 1. The predicted molar refractivity (Wildman–Crippen MR) is 80.6 cm³/mol. The van der Waals surface area contributed by atoms with Gasteiger partial charge in [-0.25, -0.2) is 9.78 Å². The van der Waals surface area contributed by atoms with E-state index < -0.39 is 5.97 Å². The Morgan fingerprint density at radius 2 is 1.81 bits per heavy atom. The molecule has 0 spiro atoms. The highest BCUT2D eigenvalue weighted by Crippen LogP contribution is 2.29. The monoisotopic (exact) mass is 281 g/mol. The number of fused-ring (bicyclic) bond motifs is 1. The molecule has 0 unspecified atom stereocenters. The highest BCUT2D eigenvalue weighted by Gasteiger charge is 2.17. The fraction of sp³-hybridized carbons (Fsp3) is 0.176. The lowest BCUT2D eigenvalue weighted by atomic mass is 9.99. The zero-order valence-corrected chi connectivity index (χ0v) is 12.1. The van der Waals surface area contributed by atoms with Crippen LogP contribution in [0.25, 0.3) is 22.4 Å². The second-order valence-corrected chi connectivity index (χ2v) is 5.19. The third-order valence-electron chi connectivity index (χ3n) is 3.59. The first-order chi connectivity index (χ1) is 9.97. The number of furan rings is 1. The number of aromatic nitrogens is 1. The SMILES string of the molecule is Cc1ccc(-c2cc(C(=O)O)c3c(C)ccc(C)c3n2)o1. The molecule has 0 atom stereocenters. The first kappa shape index (κ1) is 13.4. The summed E-state index contributed by atoms with van der Waals surface area (Å²) in [5.41, 5.74) is 3.36. The quantitative estimate of drug-likeness (QED) is 0.767. The molecule has 21 heavy (non-hydrogen) atoms. The van der Waals surface area contributed by atoms with Gasteiger partial charge in [0.15, 0.2) is 5.76 Å². The molecule has 0 aliphatic carbocycles. The Kier molecular flexibility index (Phi) is 3.01. The third-order valence-corrected chi connectivity index (χ3v) is 3.59. The maximum absolute atomic E-state index is 11.6. The van der Waals surface area contributed by atoms with Crippen molar-refractivity contribution in [1.29, 1.82) is 0 Å². The number of carboxylic acid groups (broad SMARTS) is 1. The molecule has 0 amide bonds. The van der Waals surface area contributed by atoms with E-state index in [9.17, 15) is 9.90 Å². The minimum Gasteiger partial charge on any atom is -0.478 e. The van der Waals surface area contributed by atoms with Crippen LogP contribution in [-0.2, 0) is 0 Å². The lowest BCUT2D eigenvalue weighted by Crippen LogP contribution is -2.02. The van der Waals surface area contributed by atoms with E-state index in [4.69, 9.17) is 4.42 Å². The third kappa shape index (κ3) is 2.18. The number of carboxylic acids is 1. The Labute approximate surface area is 122 Å². The highest BCUT2D eigenvalue weighted by molar-refractivity contribution is 6.05. The molecule has 2 heterocycles. The van der Waals surface area contributed by atoms with E-state index in [-0.39, 0.29) is 5.56 Å². The minimum absolute atomic E-state index is 0.255. The Hall–Kier alpha value is -2.62. The summed E-state index contributed by atoms with van der Waals surface area (Å²) in [4.78, 5) is 16.2. The molecule has 3 rings (SSSR count). The normalized spacial score (nSPS) is 11.0. The average Bonchev–Trinajstić information content (AvgIpc) is 2.88. The summed E-state index contributed by atoms with van der Waals surface area (Å²) in [6.45, 7) is 5.67. The Bertz CT molecular complexity index is 862. The number of hydrogen-bond acceptors (Lipinski definition) is 3. The first-order valence-corrected chi connectivity index (χ1v) is 6.68. The number of benzene rings is 1. The second kappa shape index (κ2) is 4.74. The van der Waals surface area contributed by atoms with Crippen molar-refractivity contribution in [3.8, 4) is 11.5 Å². The van der Waals surface area contributed by atoms with E-state index in [1.807, 2.05) is 39.0 Å². The van der Waals surface area contributed by atoms with Crippen LogP contribution in [0.5, 0.6) is 0 Å². The second-order valence-electron chi connectivity index (χ2n) is 5.19. The summed E-state index contributed by atoms with van der Waals surface area (Å²) < 4.78 is 5.57. The summed E-state index contributed by atoms with van der Waals surface area (Å²) in [6, 6.07) is 9.09. The molecule has 1 aromatic carbocycles. The standard InChI is InChI=1S/C17H15NO3/c1-9-4-5-10(2)16-15(9)12(17(19)20)8-13(18-16)14-7-6-11(3)21-14/h4-8H,1-3H3,(H,19,20). The summed E-state index contributed by atoms with van der Waals surface area (Å²) >= 11 is 0. The van der Waals surface area contributed by atoms with E-state index in [1.165, 1.54) is 0 Å². The van der Waals surface area contributed by atoms with Crippen LogP contribution < -0.4 is 0 Å². The largest absolute Gasteiger partial charge is 0.478 e. The van der Waals surface area contributed by atoms with E-state index >= 15 is 0 Å². The number of aromatic carboxylic acids is 1. The Balaban J connectivity index is 2.40. The Morgan fingerprint density at radius 1 is 1.10 bits per heavy atom. The van der Waals surface area contributed by atoms with Crippen LogP contribution >= 0.6 is 0 Å². The summed E-state index contributed by atoms with van der Waals surface area (Å²) in [7, 11) is 0. The van der Waals surface area contributed by atoms with E-state index in [0.29, 0.717) is 22.4 Å². The molecule has 4 heteroatoms. The van der Waals surface area contributed by atoms with Crippen LogP contribution in [0.3, 0.4) is 0 Å². The van der Waals surface area contributed by atoms with Gasteiger partial charge in [0.25, 0.3) is 0 Å². The van der Waals surface area contributed by atoms with Gasteiger partial charge >= 0.3 is 5.97 Å². The topological polar surface area (TPSA) is 63.3 Å². The zero-order valence-electron chi connectivity index (χ0n) is 12.1. The maximum atomic E-state index is 11.6. The maximum Gasteiger partial charge on any atom is 0.336 e. The smallest absolute Gasteiger partial charge is 0.336 e. The lowest BCUT2D eigenvalue weighted by Gasteiger charge is -2.10. The van der Waals surface area contributed by atoms with Gasteiger partial charge in [0, 0.05) is 5.39 Å². The molecule has 0 aliphatic rings. The molecule has 1 N–H and O–H groups in total. The Morgan fingerprint density at radius 3 is 2.43 bits per heavy atom. The van der Waals surface area contributed by atoms with Crippen molar-refractivity contribution in [3.63, 3.8) is 0 Å². The number of nitrogens with zero attached hydrogens (tertiary/aromatic N) is 1. The van der Waals surface area contributed by atoms with Crippen molar-refractivity contribution in [2.45, 2.75) is 20.8 Å². The molecule has 0 fully saturated rings. The van der Waals surface area contributed by atoms with E-state index in [0.717, 1.165) is 16.9 Å². The molecule has 0 radical (unpaired) electrons. The fourth-order valence-corrected chi connectivity index (χ4v) is 2.51. The van der Waals surface area contributed by atoms with Gasteiger partial charge in [-0.05, 0) is 50.1 Å². The van der Waals surface area contributed by atoms with Gasteiger partial charge in [-0.1, -0.05) is 12.1 Å². The number of pyridine rings is 1. The summed E-state index contributed by atoms with van der Waals surface area (Å²) in [6.07, 6.45) is 0. The first-order valence-electron chi connectivity index (χ1n) is 6.68. The van der Waals surface area contributed by atoms with Crippen LogP contribution in [0, 0.1) is 20.8 Å². The lowest BCUT2D eigenvalue weighted by molar-refractivity contribution is 0.0699. The zero-order chi connectivity index (χ0) is 15.1. The predicted octanol–water partition coefficient (Wildman–Crippen LogP) is 4.12. The van der Waals surface area contributed by atoms with Crippen LogP contribution in [-0.4, -0.2) is 16.1 Å². The van der Waals surface area contributed by atoms with Gasteiger partial charge < -0.3 is 9.52 Å². The molecule has 106 valence electrons. The van der Waals surface area contributed by atoms with Gasteiger partial charge in [-0.3, -0.25) is 0 Å². The van der Waals surface area contributed by atoms with Crippen molar-refractivity contribution in [1.82, 2.24) is 4.98 Å². The van der Waals surface area contributed by atoms with Crippen LogP contribution in [0.2, 0.25) is 0 Å². The molecule has 4 nitrogen and oxygen atoms in total. The van der Waals surface area contributed by atoms with E-state index in [1.54, 1.807) is 12.1 Å². The molecule has 0 bridgehead atoms. The van der Waals surface area contributed by atoms with Gasteiger partial charge in [-0.2, -0.15) is 0 Å². The summed E-state index contributed by atoms with van der Waals surface area (Å²) in [5, 5.41) is 10.2. The van der Waals surface area contributed by atoms with Crippen molar-refractivity contribution in [2.24, 2.45) is 0 Å². The van der Waals surface area contributed by atoms with Gasteiger partial charge in [0.2, 0.25) is 0 Å². The molecule has 0 aliphatic heterocycles. The molecular formula is C17H15NO3. The molecule has 2 aromatic heterocycles. The van der Waals surface area contributed by atoms with E-state index in [2.05, 4.69) is 4.98 Å². The number of carbonyl (C=O) groups is 1. The summed E-state index contributed by atoms with van der Waals surface area (Å²) in [5.74, 6) is 0.392. The van der Waals surface area contributed by atoms with Crippen molar-refractivity contribution >= 4 is 16.9 Å². The fourth-order valence-electron chi connectivity index (χ4n) is 2.51. The highest BCUT2D eigenvalue weighted by atomic mass is 16.4. The van der Waals surface area contributed by atoms with Crippen molar-refractivity contribution < 1.29 is 14.3 Å². The van der Waals surface area contributed by atoms with Gasteiger partial charge in [0.1, 0.15) is 11.5 Å². The van der Waals surface area contributed by atoms with Gasteiger partial charge in [0.05, 0.1) is 11.1 Å². The average molecular weight is 281 g/mol. The van der Waals surface area contributed by atoms with Crippen LogP contribution in [0.1, 0.15) is 27.2 Å². The van der Waals surface area contributed by atoms with Crippen molar-refractivity contribution in [3.05, 3.63) is 52.8 Å². The van der Waals surface area contributed by atoms with Crippen molar-refractivity contribution in [2.75, 3.05) is 0 Å². The molecule has 0 saturated heterocycles. The molecule has 0 saturated carbocycles. The molecular weight excluding hydrogens is 266 g/mol. The van der Waals surface area contributed by atoms with Gasteiger partial charge in [-0.15, -0.1) is 0 Å². The number of aryl methyl sites for hydroxylation is 3. The minimum atomic E-state index is -0.958. The number of rotatable bonds is 2. The van der Waals surface area contributed by atoms with Crippen LogP contribution in [0.15, 0.2) is 34.7 Å². The van der Waals surface area contributed by atoms with Crippen LogP contribution in [0.4, 0.5) is 0 Å².